The molecular weight excluding hydrogens is 194 g/mol. The number of rotatable bonds is 1. The Morgan fingerprint density at radius 1 is 1.27 bits per heavy atom. The number of hydrogen-bond acceptors (Lipinski definition) is 4. The summed E-state index contributed by atoms with van der Waals surface area (Å²) in [6.07, 6.45) is -0.244. The molecule has 1 aliphatic rings. The summed E-state index contributed by atoms with van der Waals surface area (Å²) in [4.78, 5) is 13.3. The van der Waals surface area contributed by atoms with Crippen LogP contribution < -0.4 is 0 Å². The highest BCUT2D eigenvalue weighted by Gasteiger charge is 2.24. The van der Waals surface area contributed by atoms with Crippen LogP contribution in [0, 0.1) is 0 Å². The van der Waals surface area contributed by atoms with Crippen molar-refractivity contribution in [1.29, 1.82) is 0 Å². The maximum atomic E-state index is 11.6. The third kappa shape index (κ3) is 3.77. The molecule has 1 fully saturated rings. The van der Waals surface area contributed by atoms with E-state index in [1.54, 1.807) is 4.90 Å². The number of ether oxygens (including phenoxy) is 1. The molecule has 1 rings (SSSR count). The van der Waals surface area contributed by atoms with E-state index in [2.05, 4.69) is 11.8 Å². The Morgan fingerprint density at radius 2 is 1.80 bits per heavy atom. The van der Waals surface area contributed by atoms with Crippen molar-refractivity contribution < 1.29 is 9.53 Å². The van der Waals surface area contributed by atoms with Crippen LogP contribution in [0.1, 0.15) is 20.8 Å². The second-order valence-electron chi connectivity index (χ2n) is 4.56. The molecule has 1 aliphatic heterocycles. The molecule has 1 saturated heterocycles. The first-order valence-electron chi connectivity index (χ1n) is 5.12. The van der Waals surface area contributed by atoms with Gasteiger partial charge in [0.05, 0.1) is 13.1 Å². The van der Waals surface area contributed by atoms with Crippen molar-refractivity contribution in [3.63, 3.8) is 0 Å². The minimum absolute atomic E-state index is 0.244. The molecule has 0 aromatic rings. The molecule has 0 aromatic carbocycles. The fourth-order valence-electron chi connectivity index (χ4n) is 1.35. The summed E-state index contributed by atoms with van der Waals surface area (Å²) < 4.78 is 5.27. The molecule has 0 spiro atoms. The van der Waals surface area contributed by atoms with Crippen LogP contribution in [0.2, 0.25) is 0 Å². The van der Waals surface area contributed by atoms with E-state index in [4.69, 9.17) is 4.74 Å². The van der Waals surface area contributed by atoms with Gasteiger partial charge in [0.25, 0.3) is 0 Å². The van der Waals surface area contributed by atoms with Crippen molar-refractivity contribution in [2.45, 2.75) is 26.4 Å². The van der Waals surface area contributed by atoms with Gasteiger partial charge in [-0.2, -0.15) is 5.10 Å². The van der Waals surface area contributed by atoms with Crippen LogP contribution in [0.5, 0.6) is 0 Å². The summed E-state index contributed by atoms with van der Waals surface area (Å²) >= 11 is 0. The predicted molar refractivity (Wildman–Crippen MR) is 58.9 cm³/mol. The number of amides is 1. The van der Waals surface area contributed by atoms with Gasteiger partial charge < -0.3 is 9.64 Å². The van der Waals surface area contributed by atoms with Crippen molar-refractivity contribution in [2.75, 3.05) is 26.2 Å². The highest BCUT2D eigenvalue weighted by atomic mass is 16.6. The second kappa shape index (κ2) is 4.51. The Labute approximate surface area is 90.7 Å². The minimum atomic E-state index is -0.426. The van der Waals surface area contributed by atoms with E-state index in [1.165, 1.54) is 0 Å². The van der Waals surface area contributed by atoms with E-state index in [9.17, 15) is 4.79 Å². The lowest BCUT2D eigenvalue weighted by Crippen LogP contribution is -2.48. The molecule has 15 heavy (non-hydrogen) atoms. The second-order valence-corrected chi connectivity index (χ2v) is 4.56. The van der Waals surface area contributed by atoms with Crippen LogP contribution in [0.4, 0.5) is 4.79 Å². The number of carbonyl (C=O) groups excluding carboxylic acids is 1. The van der Waals surface area contributed by atoms with Crippen LogP contribution in [0.25, 0.3) is 0 Å². The molecule has 5 nitrogen and oxygen atoms in total. The lowest BCUT2D eigenvalue weighted by Gasteiger charge is -2.34. The zero-order valence-electron chi connectivity index (χ0n) is 9.69. The minimum Gasteiger partial charge on any atom is -0.444 e. The Hall–Kier alpha value is -1.26. The van der Waals surface area contributed by atoms with Crippen molar-refractivity contribution in [1.82, 2.24) is 9.91 Å². The lowest BCUT2D eigenvalue weighted by atomic mass is 10.2. The molecule has 0 N–H and O–H groups in total. The Bertz CT molecular complexity index is 240. The smallest absolute Gasteiger partial charge is 0.410 e. The molecule has 0 saturated carbocycles. The van der Waals surface area contributed by atoms with Crippen LogP contribution in [0.15, 0.2) is 5.10 Å². The van der Waals surface area contributed by atoms with E-state index in [-0.39, 0.29) is 6.09 Å². The Balaban J connectivity index is 2.40. The molecular formula is C10H19N3O2. The van der Waals surface area contributed by atoms with Gasteiger partial charge in [-0.15, -0.1) is 0 Å². The van der Waals surface area contributed by atoms with Gasteiger partial charge in [0.2, 0.25) is 0 Å². The van der Waals surface area contributed by atoms with Crippen LogP contribution in [-0.4, -0.2) is 54.5 Å². The zero-order chi connectivity index (χ0) is 11.5. The standard InChI is InChI=1S/C10H19N3O2/c1-10(2,3)15-9(14)12-5-7-13(11-4)8-6-12/h4-8H2,1-3H3. The molecule has 1 amide bonds. The van der Waals surface area contributed by atoms with E-state index < -0.39 is 5.60 Å². The van der Waals surface area contributed by atoms with Crippen LogP contribution >= 0.6 is 0 Å². The molecule has 0 unspecified atom stereocenters. The third-order valence-electron chi connectivity index (χ3n) is 2.11. The Kier molecular flexibility index (Phi) is 3.55. The van der Waals surface area contributed by atoms with E-state index in [1.807, 2.05) is 25.8 Å². The predicted octanol–water partition coefficient (Wildman–Crippen LogP) is 1.15. The van der Waals surface area contributed by atoms with Gasteiger partial charge in [0, 0.05) is 19.8 Å². The summed E-state index contributed by atoms with van der Waals surface area (Å²) in [7, 11) is 0. The first-order valence-corrected chi connectivity index (χ1v) is 5.12. The molecule has 0 bridgehead atoms. The maximum Gasteiger partial charge on any atom is 0.410 e. The van der Waals surface area contributed by atoms with Gasteiger partial charge in [-0.3, -0.25) is 5.01 Å². The summed E-state index contributed by atoms with van der Waals surface area (Å²) in [5.41, 5.74) is -0.426. The molecule has 5 heteroatoms. The van der Waals surface area contributed by atoms with Gasteiger partial charge in [-0.05, 0) is 20.8 Å². The SMILES string of the molecule is C=NN1CCN(C(=O)OC(C)(C)C)CC1. The lowest BCUT2D eigenvalue weighted by molar-refractivity contribution is 0.0148. The molecule has 86 valence electrons. The van der Waals surface area contributed by atoms with Crippen LogP contribution in [0.3, 0.4) is 0 Å². The first-order chi connectivity index (χ1) is 6.92. The first kappa shape index (κ1) is 11.8. The summed E-state index contributed by atoms with van der Waals surface area (Å²) in [6.45, 7) is 11.8. The average Bonchev–Trinajstić information content (AvgIpc) is 2.15. The Morgan fingerprint density at radius 3 is 2.20 bits per heavy atom. The van der Waals surface area contributed by atoms with E-state index in [0.29, 0.717) is 13.1 Å². The van der Waals surface area contributed by atoms with Crippen molar-refractivity contribution in [2.24, 2.45) is 5.10 Å². The highest BCUT2D eigenvalue weighted by molar-refractivity contribution is 5.68. The van der Waals surface area contributed by atoms with Gasteiger partial charge in [0.1, 0.15) is 5.60 Å². The zero-order valence-corrected chi connectivity index (χ0v) is 9.69. The molecule has 0 atom stereocenters. The van der Waals surface area contributed by atoms with Crippen molar-refractivity contribution in [3.05, 3.63) is 0 Å². The summed E-state index contributed by atoms with van der Waals surface area (Å²) in [5, 5.41) is 5.67. The van der Waals surface area contributed by atoms with Crippen molar-refractivity contribution in [3.8, 4) is 0 Å². The number of hydrazone groups is 1. The van der Waals surface area contributed by atoms with Gasteiger partial charge in [0.15, 0.2) is 0 Å². The third-order valence-corrected chi connectivity index (χ3v) is 2.11. The fourth-order valence-corrected chi connectivity index (χ4v) is 1.35. The monoisotopic (exact) mass is 213 g/mol. The maximum absolute atomic E-state index is 11.6. The fraction of sp³-hybridized carbons (Fsp3) is 0.800. The average molecular weight is 213 g/mol. The van der Waals surface area contributed by atoms with Gasteiger partial charge in [-0.25, -0.2) is 4.79 Å². The van der Waals surface area contributed by atoms with Gasteiger partial charge >= 0.3 is 6.09 Å². The van der Waals surface area contributed by atoms with Crippen molar-refractivity contribution >= 4 is 12.8 Å². The van der Waals surface area contributed by atoms with Gasteiger partial charge in [-0.1, -0.05) is 0 Å². The molecule has 0 radical (unpaired) electrons. The number of hydrogen-bond donors (Lipinski definition) is 0. The van der Waals surface area contributed by atoms with E-state index >= 15 is 0 Å². The number of carbonyl (C=O) groups is 1. The number of piperazine rings is 1. The molecule has 1 heterocycles. The van der Waals surface area contributed by atoms with E-state index in [0.717, 1.165) is 13.1 Å². The molecule has 0 aliphatic carbocycles. The normalized spacial score (nSPS) is 17.5. The summed E-state index contributed by atoms with van der Waals surface area (Å²) in [5.74, 6) is 0. The van der Waals surface area contributed by atoms with Crippen LogP contribution in [-0.2, 0) is 4.74 Å². The number of nitrogens with zero attached hydrogens (tertiary/aromatic N) is 3. The summed E-state index contributed by atoms with van der Waals surface area (Å²) in [6, 6.07) is 0. The quantitative estimate of drug-likeness (QED) is 0.614. The highest BCUT2D eigenvalue weighted by Crippen LogP contribution is 2.11. The largest absolute Gasteiger partial charge is 0.444 e. The topological polar surface area (TPSA) is 45.1 Å². The molecule has 0 aromatic heterocycles.